The van der Waals surface area contributed by atoms with Crippen molar-refractivity contribution in [2.75, 3.05) is 36.0 Å². The maximum Gasteiger partial charge on any atom is 0.306 e. The van der Waals surface area contributed by atoms with Gasteiger partial charge in [0.2, 0.25) is 0 Å². The van der Waals surface area contributed by atoms with Crippen molar-refractivity contribution >= 4 is 50.2 Å². The maximum absolute atomic E-state index is 12.2. The van der Waals surface area contributed by atoms with E-state index in [1.807, 2.05) is 45.0 Å². The predicted molar refractivity (Wildman–Crippen MR) is 151 cm³/mol. The van der Waals surface area contributed by atoms with Crippen LogP contribution in [-0.4, -0.2) is 53.1 Å². The molecule has 0 spiro atoms. The molecule has 1 aromatic carbocycles. The van der Waals surface area contributed by atoms with Crippen molar-refractivity contribution in [1.29, 1.82) is 0 Å². The average Bonchev–Trinajstić information content (AvgIpc) is 3.15. The summed E-state index contributed by atoms with van der Waals surface area (Å²) < 4.78 is 8.84. The molecule has 5 rings (SSSR count). The van der Waals surface area contributed by atoms with Gasteiger partial charge in [0.1, 0.15) is 17.1 Å². The van der Waals surface area contributed by atoms with Crippen molar-refractivity contribution in [3.8, 4) is 0 Å². The summed E-state index contributed by atoms with van der Waals surface area (Å²) in [5.74, 6) is 1.34. The molecular formula is C29H35BrN4O3. The van der Waals surface area contributed by atoms with E-state index in [-0.39, 0.29) is 11.8 Å². The molecule has 1 aliphatic heterocycles. The Morgan fingerprint density at radius 3 is 2.27 bits per heavy atom. The van der Waals surface area contributed by atoms with Gasteiger partial charge in [-0.25, -0.2) is 4.98 Å². The van der Waals surface area contributed by atoms with Gasteiger partial charge in [-0.3, -0.25) is 9.59 Å². The van der Waals surface area contributed by atoms with Crippen molar-refractivity contribution in [3.05, 3.63) is 52.6 Å². The van der Waals surface area contributed by atoms with Gasteiger partial charge in [0.05, 0.1) is 0 Å². The van der Waals surface area contributed by atoms with Crippen LogP contribution in [0.5, 0.6) is 0 Å². The second-order valence-corrected chi connectivity index (χ2v) is 12.1. The zero-order chi connectivity index (χ0) is 26.3. The van der Waals surface area contributed by atoms with E-state index in [1.165, 1.54) is 0 Å². The lowest BCUT2D eigenvalue weighted by Gasteiger charge is -2.37. The summed E-state index contributed by atoms with van der Waals surface area (Å²) in [6.07, 6.45) is 4.54. The Morgan fingerprint density at radius 1 is 1.00 bits per heavy atom. The van der Waals surface area contributed by atoms with E-state index in [2.05, 4.69) is 48.6 Å². The van der Waals surface area contributed by atoms with Crippen LogP contribution < -0.4 is 9.80 Å². The molecule has 1 aliphatic carbocycles. The molecule has 0 bridgehead atoms. The number of rotatable bonds is 6. The van der Waals surface area contributed by atoms with E-state index in [0.717, 1.165) is 71.6 Å². The quantitative estimate of drug-likeness (QED) is 0.269. The zero-order valence-electron chi connectivity index (χ0n) is 22.0. The maximum atomic E-state index is 12.2. The van der Waals surface area contributed by atoms with Gasteiger partial charge in [0, 0.05) is 65.9 Å². The summed E-state index contributed by atoms with van der Waals surface area (Å²) in [7, 11) is 0. The largest absolute Gasteiger partial charge is 0.460 e. The van der Waals surface area contributed by atoms with E-state index in [0.29, 0.717) is 18.4 Å². The van der Waals surface area contributed by atoms with Crippen LogP contribution in [0.4, 0.5) is 11.5 Å². The topological polar surface area (TPSA) is 67.7 Å². The van der Waals surface area contributed by atoms with Gasteiger partial charge in [-0.1, -0.05) is 0 Å². The third-order valence-electron chi connectivity index (χ3n) is 7.34. The first-order valence-electron chi connectivity index (χ1n) is 13.1. The highest BCUT2D eigenvalue weighted by atomic mass is 79.9. The molecule has 3 heterocycles. The first kappa shape index (κ1) is 25.8. The molecule has 2 fully saturated rings. The number of fused-ring (bicyclic) bond motifs is 1. The Morgan fingerprint density at radius 2 is 1.65 bits per heavy atom. The Labute approximate surface area is 226 Å². The summed E-state index contributed by atoms with van der Waals surface area (Å²) in [6, 6.07) is 12.5. The molecule has 2 aromatic heterocycles. The number of esters is 1. The van der Waals surface area contributed by atoms with Crippen molar-refractivity contribution in [2.24, 2.45) is 5.92 Å². The normalized spacial score (nSPS) is 20.1. The second-order valence-electron chi connectivity index (χ2n) is 11.3. The average molecular weight is 568 g/mol. The monoisotopic (exact) mass is 566 g/mol. The number of anilines is 2. The summed E-state index contributed by atoms with van der Waals surface area (Å²) in [5, 5.41) is 1.11. The molecule has 8 heteroatoms. The number of Topliss-reactive ketones (excluding diaryl/α,β-unsaturated/α-hetero) is 1. The Kier molecular flexibility index (Phi) is 7.05. The highest BCUT2D eigenvalue weighted by Gasteiger charge is 2.34. The van der Waals surface area contributed by atoms with Gasteiger partial charge in [0.15, 0.2) is 5.78 Å². The molecule has 0 radical (unpaired) electrons. The van der Waals surface area contributed by atoms with Crippen molar-refractivity contribution in [3.63, 3.8) is 0 Å². The lowest BCUT2D eigenvalue weighted by molar-refractivity contribution is -0.157. The minimum atomic E-state index is -0.437. The van der Waals surface area contributed by atoms with Crippen molar-refractivity contribution in [2.45, 2.75) is 58.6 Å². The number of aromatic nitrogens is 2. The minimum absolute atomic E-state index is 0.0923. The van der Waals surface area contributed by atoms with Crippen LogP contribution in [0.2, 0.25) is 0 Å². The van der Waals surface area contributed by atoms with Crippen LogP contribution in [0.3, 0.4) is 0 Å². The molecule has 0 unspecified atom stereocenters. The van der Waals surface area contributed by atoms with E-state index in [1.54, 1.807) is 6.92 Å². The summed E-state index contributed by atoms with van der Waals surface area (Å²) >= 11 is 3.72. The van der Waals surface area contributed by atoms with Crippen LogP contribution in [0.25, 0.3) is 11.0 Å². The molecule has 0 N–H and O–H groups in total. The lowest BCUT2D eigenvalue weighted by atomic mass is 9.78. The molecule has 196 valence electrons. The number of ether oxygens (including phenoxy) is 1. The molecule has 7 nitrogen and oxygen atoms in total. The molecule has 1 saturated heterocycles. The van der Waals surface area contributed by atoms with Crippen molar-refractivity contribution < 1.29 is 14.3 Å². The van der Waals surface area contributed by atoms with Gasteiger partial charge >= 0.3 is 5.97 Å². The number of hydrogen-bond donors (Lipinski definition) is 0. The smallest absolute Gasteiger partial charge is 0.306 e. The molecule has 3 aromatic rings. The number of ketones is 1. The predicted octanol–water partition coefficient (Wildman–Crippen LogP) is 6.01. The van der Waals surface area contributed by atoms with E-state index >= 15 is 0 Å². The lowest BCUT2D eigenvalue weighted by Crippen LogP contribution is -2.46. The van der Waals surface area contributed by atoms with Crippen LogP contribution in [0, 0.1) is 5.92 Å². The SMILES string of the molecule is CC(=O)c1ccc(N2CCN(c3ccc4c(Br)cn(C5CC(CC(=O)OC(C)(C)C)C5)c4n3)CC2)cc1. The minimum Gasteiger partial charge on any atom is -0.460 e. The van der Waals surface area contributed by atoms with Crippen LogP contribution in [-0.2, 0) is 9.53 Å². The van der Waals surface area contributed by atoms with Gasteiger partial charge < -0.3 is 19.1 Å². The first-order chi connectivity index (χ1) is 17.6. The van der Waals surface area contributed by atoms with Gasteiger partial charge in [-0.05, 0) is 98.8 Å². The number of carbonyl (C=O) groups is 2. The van der Waals surface area contributed by atoms with Gasteiger partial charge in [-0.2, -0.15) is 0 Å². The fraction of sp³-hybridized carbons (Fsp3) is 0.483. The molecule has 2 aliphatic rings. The van der Waals surface area contributed by atoms with Crippen LogP contribution in [0.1, 0.15) is 63.4 Å². The standard InChI is InChI=1S/C29H35BrN4O3/c1-19(35)21-5-7-22(8-6-21)32-11-13-33(14-12-32)26-10-9-24-25(30)18-34(28(24)31-26)23-15-20(16-23)17-27(36)37-29(2,3)4/h5-10,18,20,23H,11-17H2,1-4H3. The number of halogens is 1. The van der Waals surface area contributed by atoms with Gasteiger partial charge in [0.25, 0.3) is 0 Å². The summed E-state index contributed by atoms with van der Waals surface area (Å²) in [6.45, 7) is 10.9. The molecule has 1 saturated carbocycles. The Hall–Kier alpha value is -2.87. The fourth-order valence-electron chi connectivity index (χ4n) is 5.34. The second kappa shape index (κ2) is 10.1. The third-order valence-corrected chi connectivity index (χ3v) is 7.97. The van der Waals surface area contributed by atoms with E-state index in [9.17, 15) is 9.59 Å². The first-order valence-corrected chi connectivity index (χ1v) is 13.9. The van der Waals surface area contributed by atoms with Crippen LogP contribution >= 0.6 is 15.9 Å². The Bertz CT molecular complexity index is 1300. The molecule has 0 atom stereocenters. The molecular weight excluding hydrogens is 532 g/mol. The van der Waals surface area contributed by atoms with E-state index < -0.39 is 5.60 Å². The molecule has 37 heavy (non-hydrogen) atoms. The van der Waals surface area contributed by atoms with E-state index in [4.69, 9.17) is 9.72 Å². The number of benzene rings is 1. The van der Waals surface area contributed by atoms with Crippen molar-refractivity contribution in [1.82, 2.24) is 9.55 Å². The Balaban J connectivity index is 1.23. The fourth-order valence-corrected chi connectivity index (χ4v) is 5.87. The highest BCUT2D eigenvalue weighted by molar-refractivity contribution is 9.10. The number of piperazine rings is 1. The number of nitrogens with zero attached hydrogens (tertiary/aromatic N) is 4. The number of pyridine rings is 1. The highest BCUT2D eigenvalue weighted by Crippen LogP contribution is 2.43. The number of hydrogen-bond acceptors (Lipinski definition) is 6. The summed E-state index contributed by atoms with van der Waals surface area (Å²) in [5.41, 5.74) is 2.45. The zero-order valence-corrected chi connectivity index (χ0v) is 23.6. The van der Waals surface area contributed by atoms with Gasteiger partial charge in [-0.15, -0.1) is 0 Å². The number of carbonyl (C=O) groups excluding carboxylic acids is 2. The molecule has 0 amide bonds. The third kappa shape index (κ3) is 5.69. The van der Waals surface area contributed by atoms with Crippen LogP contribution in [0.15, 0.2) is 47.1 Å². The summed E-state index contributed by atoms with van der Waals surface area (Å²) in [4.78, 5) is 33.6.